The van der Waals surface area contributed by atoms with Gasteiger partial charge in [0.1, 0.15) is 5.82 Å². The minimum Gasteiger partial charge on any atom is -0.356 e. The summed E-state index contributed by atoms with van der Waals surface area (Å²) in [6.45, 7) is 1.26. The molecule has 2 aromatic heterocycles. The van der Waals surface area contributed by atoms with Crippen LogP contribution in [0.2, 0.25) is 0 Å². The largest absolute Gasteiger partial charge is 0.417 e. The number of rotatable bonds is 3. The van der Waals surface area contributed by atoms with Crippen molar-refractivity contribution in [1.82, 2.24) is 14.8 Å². The molecule has 1 aliphatic carbocycles. The number of pyridine rings is 1. The van der Waals surface area contributed by atoms with Crippen molar-refractivity contribution in [3.63, 3.8) is 0 Å². The molecule has 0 spiro atoms. The third-order valence-electron chi connectivity index (χ3n) is 5.05. The molecule has 0 bridgehead atoms. The Hall–Kier alpha value is -2.38. The minimum atomic E-state index is -4.38. The van der Waals surface area contributed by atoms with E-state index in [1.54, 1.807) is 10.7 Å². The Bertz CT molecular complexity index is 835. The summed E-state index contributed by atoms with van der Waals surface area (Å²) in [5.41, 5.74) is 0.140. The van der Waals surface area contributed by atoms with Crippen molar-refractivity contribution in [2.24, 2.45) is 0 Å². The van der Waals surface area contributed by atoms with Crippen LogP contribution in [0.4, 0.5) is 19.0 Å². The number of anilines is 1. The van der Waals surface area contributed by atoms with Gasteiger partial charge in [-0.15, -0.1) is 0 Å². The molecule has 3 heterocycles. The normalized spacial score (nSPS) is 19.0. The molecule has 0 radical (unpaired) electrons. The van der Waals surface area contributed by atoms with Crippen LogP contribution in [0, 0.1) is 0 Å². The standard InChI is InChI=1S/C18H19F3N4O/c19-18(20,21)13-3-5-16(22-11-13)24-9-7-14(8-10-24)25-17(26)6-4-15(23-25)12-1-2-12/h3-6,11-12,14H,1-2,7-10H2. The van der Waals surface area contributed by atoms with Crippen molar-refractivity contribution >= 4 is 5.82 Å². The van der Waals surface area contributed by atoms with Gasteiger partial charge in [0.25, 0.3) is 5.56 Å². The van der Waals surface area contributed by atoms with E-state index in [-0.39, 0.29) is 11.6 Å². The molecule has 138 valence electrons. The first kappa shape index (κ1) is 17.1. The van der Waals surface area contributed by atoms with Gasteiger partial charge in [0.2, 0.25) is 0 Å². The molecule has 5 nitrogen and oxygen atoms in total. The Balaban J connectivity index is 1.44. The van der Waals surface area contributed by atoms with Crippen LogP contribution in [0.25, 0.3) is 0 Å². The van der Waals surface area contributed by atoms with Crippen LogP contribution in [-0.2, 0) is 6.18 Å². The second-order valence-corrected chi connectivity index (χ2v) is 6.94. The molecule has 1 saturated heterocycles. The van der Waals surface area contributed by atoms with E-state index in [0.717, 1.165) is 30.8 Å². The molecule has 0 aromatic carbocycles. The summed E-state index contributed by atoms with van der Waals surface area (Å²) >= 11 is 0. The predicted molar refractivity (Wildman–Crippen MR) is 90.2 cm³/mol. The first-order chi connectivity index (χ1) is 12.4. The lowest BCUT2D eigenvalue weighted by Gasteiger charge is -2.33. The number of hydrogen-bond donors (Lipinski definition) is 0. The number of piperidine rings is 1. The SMILES string of the molecule is O=c1ccc(C2CC2)nn1C1CCN(c2ccc(C(F)(F)F)cn2)CC1. The Morgan fingerprint density at radius 3 is 2.31 bits per heavy atom. The van der Waals surface area contributed by atoms with Gasteiger partial charge in [-0.3, -0.25) is 4.79 Å². The van der Waals surface area contributed by atoms with Gasteiger partial charge >= 0.3 is 6.18 Å². The van der Waals surface area contributed by atoms with E-state index in [0.29, 0.717) is 37.7 Å². The van der Waals surface area contributed by atoms with Crippen LogP contribution >= 0.6 is 0 Å². The van der Waals surface area contributed by atoms with Gasteiger partial charge in [-0.1, -0.05) is 0 Å². The molecular formula is C18H19F3N4O. The average molecular weight is 364 g/mol. The fourth-order valence-corrected chi connectivity index (χ4v) is 3.38. The second-order valence-electron chi connectivity index (χ2n) is 6.94. The van der Waals surface area contributed by atoms with E-state index in [1.807, 2.05) is 11.0 Å². The lowest BCUT2D eigenvalue weighted by molar-refractivity contribution is -0.137. The summed E-state index contributed by atoms with van der Waals surface area (Å²) in [7, 11) is 0. The first-order valence-electron chi connectivity index (χ1n) is 8.80. The van der Waals surface area contributed by atoms with Crippen molar-refractivity contribution < 1.29 is 13.2 Å². The van der Waals surface area contributed by atoms with Crippen molar-refractivity contribution in [2.45, 2.75) is 43.8 Å². The highest BCUT2D eigenvalue weighted by atomic mass is 19.4. The van der Waals surface area contributed by atoms with E-state index in [9.17, 15) is 18.0 Å². The highest BCUT2D eigenvalue weighted by Gasteiger charge is 2.31. The van der Waals surface area contributed by atoms with E-state index in [4.69, 9.17) is 0 Å². The summed E-state index contributed by atoms with van der Waals surface area (Å²) in [4.78, 5) is 18.1. The summed E-state index contributed by atoms with van der Waals surface area (Å²) in [5.74, 6) is 1.02. The number of alkyl halides is 3. The van der Waals surface area contributed by atoms with Gasteiger partial charge in [-0.2, -0.15) is 18.3 Å². The molecule has 2 fully saturated rings. The molecule has 2 aromatic rings. The molecule has 4 rings (SSSR count). The van der Waals surface area contributed by atoms with E-state index in [1.165, 1.54) is 6.07 Å². The quantitative estimate of drug-likeness (QED) is 0.838. The van der Waals surface area contributed by atoms with Crippen molar-refractivity contribution in [3.8, 4) is 0 Å². The zero-order chi connectivity index (χ0) is 18.3. The molecule has 0 N–H and O–H groups in total. The van der Waals surface area contributed by atoms with Crippen molar-refractivity contribution in [1.29, 1.82) is 0 Å². The third-order valence-corrected chi connectivity index (χ3v) is 5.05. The highest BCUT2D eigenvalue weighted by molar-refractivity contribution is 5.40. The lowest BCUT2D eigenvalue weighted by atomic mass is 10.0. The Morgan fingerprint density at radius 2 is 1.73 bits per heavy atom. The molecule has 0 amide bonds. The Kier molecular flexibility index (Phi) is 4.20. The number of halogens is 3. The maximum absolute atomic E-state index is 12.6. The van der Waals surface area contributed by atoms with Crippen LogP contribution in [0.1, 0.15) is 48.9 Å². The Morgan fingerprint density at radius 1 is 1.00 bits per heavy atom. The highest BCUT2D eigenvalue weighted by Crippen LogP contribution is 2.38. The molecule has 0 atom stereocenters. The zero-order valence-corrected chi connectivity index (χ0v) is 14.1. The summed E-state index contributed by atoms with van der Waals surface area (Å²) in [5, 5.41) is 4.54. The van der Waals surface area contributed by atoms with Crippen molar-refractivity contribution in [2.75, 3.05) is 18.0 Å². The van der Waals surface area contributed by atoms with Crippen LogP contribution in [0.5, 0.6) is 0 Å². The smallest absolute Gasteiger partial charge is 0.356 e. The van der Waals surface area contributed by atoms with Gasteiger partial charge < -0.3 is 4.90 Å². The van der Waals surface area contributed by atoms with Gasteiger partial charge in [-0.05, 0) is 43.9 Å². The van der Waals surface area contributed by atoms with Gasteiger partial charge in [0.05, 0.1) is 17.3 Å². The van der Waals surface area contributed by atoms with E-state index < -0.39 is 11.7 Å². The third kappa shape index (κ3) is 3.45. The van der Waals surface area contributed by atoms with Crippen LogP contribution in [0.3, 0.4) is 0 Å². The molecule has 1 aliphatic heterocycles. The average Bonchev–Trinajstić information content (AvgIpc) is 3.47. The first-order valence-corrected chi connectivity index (χ1v) is 8.80. The van der Waals surface area contributed by atoms with E-state index >= 15 is 0 Å². The van der Waals surface area contributed by atoms with Gasteiger partial charge in [0.15, 0.2) is 0 Å². The topological polar surface area (TPSA) is 51.0 Å². The molecule has 1 saturated carbocycles. The lowest BCUT2D eigenvalue weighted by Crippen LogP contribution is -2.38. The monoisotopic (exact) mass is 364 g/mol. The number of nitrogens with zero attached hydrogens (tertiary/aromatic N) is 4. The van der Waals surface area contributed by atoms with Crippen LogP contribution < -0.4 is 10.5 Å². The predicted octanol–water partition coefficient (Wildman–Crippen LogP) is 3.38. The minimum absolute atomic E-state index is 0.0203. The second kappa shape index (κ2) is 6.41. The molecule has 26 heavy (non-hydrogen) atoms. The summed E-state index contributed by atoms with van der Waals surface area (Å²) in [6, 6.07) is 5.88. The molecule has 0 unspecified atom stereocenters. The Labute approximate surface area is 148 Å². The molecule has 2 aliphatic rings. The van der Waals surface area contributed by atoms with Gasteiger partial charge in [0, 0.05) is 31.3 Å². The van der Waals surface area contributed by atoms with Crippen LogP contribution in [-0.4, -0.2) is 27.9 Å². The number of hydrogen-bond acceptors (Lipinski definition) is 4. The molecule has 8 heteroatoms. The van der Waals surface area contributed by atoms with E-state index in [2.05, 4.69) is 10.1 Å². The van der Waals surface area contributed by atoms with Crippen molar-refractivity contribution in [3.05, 3.63) is 52.1 Å². The number of aromatic nitrogens is 3. The fourth-order valence-electron chi connectivity index (χ4n) is 3.38. The van der Waals surface area contributed by atoms with Crippen LogP contribution in [0.15, 0.2) is 35.3 Å². The summed E-state index contributed by atoms with van der Waals surface area (Å²) < 4.78 is 39.5. The zero-order valence-electron chi connectivity index (χ0n) is 14.1. The summed E-state index contributed by atoms with van der Waals surface area (Å²) in [6.07, 6.45) is 0.171. The maximum atomic E-state index is 12.6. The maximum Gasteiger partial charge on any atom is 0.417 e. The molecular weight excluding hydrogens is 345 g/mol. The van der Waals surface area contributed by atoms with Gasteiger partial charge in [-0.25, -0.2) is 9.67 Å². The fraction of sp³-hybridized carbons (Fsp3) is 0.500.